The smallest absolute Gasteiger partial charge is 0.262 e. The van der Waals surface area contributed by atoms with Gasteiger partial charge in [0.15, 0.2) is 6.61 Å². The molecule has 1 aliphatic heterocycles. The van der Waals surface area contributed by atoms with Gasteiger partial charge in [0.1, 0.15) is 5.75 Å². The summed E-state index contributed by atoms with van der Waals surface area (Å²) >= 11 is 6.00. The monoisotopic (exact) mass is 388 g/mol. The quantitative estimate of drug-likeness (QED) is 0.763. The average Bonchev–Trinajstić information content (AvgIpc) is 3.19. The van der Waals surface area contributed by atoms with E-state index < -0.39 is 0 Å². The van der Waals surface area contributed by atoms with E-state index in [9.17, 15) is 9.59 Å². The number of halogens is 1. The van der Waals surface area contributed by atoms with Crippen LogP contribution >= 0.6 is 11.6 Å². The minimum Gasteiger partial charge on any atom is -0.482 e. The molecule has 7 heteroatoms. The number of benzene rings is 2. The highest BCUT2D eigenvalue weighted by Crippen LogP contribution is 2.23. The maximum Gasteiger partial charge on any atom is 0.262 e. The van der Waals surface area contributed by atoms with Gasteiger partial charge in [-0.2, -0.15) is 0 Å². The molecular formula is C20H21ClN2O4. The van der Waals surface area contributed by atoms with Gasteiger partial charge in [-0.05, 0) is 37.1 Å². The Bertz CT molecular complexity index is 806. The molecule has 27 heavy (non-hydrogen) atoms. The van der Waals surface area contributed by atoms with Gasteiger partial charge < -0.3 is 20.1 Å². The lowest BCUT2D eigenvalue weighted by atomic mass is 10.1. The highest BCUT2D eigenvalue weighted by atomic mass is 35.5. The fraction of sp³-hybridized carbons (Fsp3) is 0.300. The highest BCUT2D eigenvalue weighted by Gasteiger charge is 2.18. The molecule has 2 amide bonds. The van der Waals surface area contributed by atoms with Crippen molar-refractivity contribution in [1.29, 1.82) is 0 Å². The molecule has 0 aromatic heterocycles. The minimum atomic E-state index is -0.380. The lowest BCUT2D eigenvalue weighted by Gasteiger charge is -2.14. The van der Waals surface area contributed by atoms with Crippen molar-refractivity contribution in [2.24, 2.45) is 0 Å². The van der Waals surface area contributed by atoms with Crippen molar-refractivity contribution in [3.05, 3.63) is 59.1 Å². The zero-order valence-corrected chi connectivity index (χ0v) is 15.5. The Balaban J connectivity index is 1.57. The fourth-order valence-electron chi connectivity index (χ4n) is 2.79. The highest BCUT2D eigenvalue weighted by molar-refractivity contribution is 6.32. The van der Waals surface area contributed by atoms with E-state index in [1.54, 1.807) is 48.5 Å². The molecule has 2 N–H and O–H groups in total. The molecule has 6 nitrogen and oxygen atoms in total. The van der Waals surface area contributed by atoms with E-state index in [2.05, 4.69) is 10.6 Å². The molecule has 1 fully saturated rings. The normalized spacial score (nSPS) is 16.0. The number of ether oxygens (including phenoxy) is 2. The summed E-state index contributed by atoms with van der Waals surface area (Å²) < 4.78 is 10.9. The van der Waals surface area contributed by atoms with Crippen LogP contribution in [0.25, 0.3) is 0 Å². The lowest BCUT2D eigenvalue weighted by Crippen LogP contribution is -2.32. The van der Waals surface area contributed by atoms with E-state index in [1.165, 1.54) is 0 Å². The van der Waals surface area contributed by atoms with Gasteiger partial charge in [0.2, 0.25) is 0 Å². The zero-order chi connectivity index (χ0) is 19.1. The summed E-state index contributed by atoms with van der Waals surface area (Å²) in [6, 6.07) is 13.8. The molecule has 3 rings (SSSR count). The Labute approximate surface area is 162 Å². The molecule has 1 unspecified atom stereocenters. The first-order valence-electron chi connectivity index (χ1n) is 8.79. The van der Waals surface area contributed by atoms with Gasteiger partial charge >= 0.3 is 0 Å². The van der Waals surface area contributed by atoms with Crippen LogP contribution in [-0.4, -0.2) is 37.7 Å². The summed E-state index contributed by atoms with van der Waals surface area (Å²) in [5.41, 5.74) is 0.816. The van der Waals surface area contributed by atoms with Crippen LogP contribution in [0.5, 0.6) is 5.75 Å². The summed E-state index contributed by atoms with van der Waals surface area (Å²) in [7, 11) is 0. The number of para-hydroxylation sites is 2. The number of carbonyl (C=O) groups excluding carboxylic acids is 2. The Morgan fingerprint density at radius 1 is 1.15 bits per heavy atom. The first-order valence-corrected chi connectivity index (χ1v) is 9.17. The number of hydrogen-bond acceptors (Lipinski definition) is 4. The SMILES string of the molecule is O=C(COc1ccccc1Cl)Nc1ccccc1C(=O)NCC1CCCO1. The molecule has 1 heterocycles. The van der Waals surface area contributed by atoms with Gasteiger partial charge in [-0.1, -0.05) is 35.9 Å². The van der Waals surface area contributed by atoms with Gasteiger partial charge in [-0.25, -0.2) is 0 Å². The summed E-state index contributed by atoms with van der Waals surface area (Å²) in [5, 5.41) is 6.00. The molecule has 0 aliphatic carbocycles. The second-order valence-corrected chi connectivity index (χ2v) is 6.57. The maximum absolute atomic E-state index is 12.5. The van der Waals surface area contributed by atoms with Gasteiger partial charge in [0.05, 0.1) is 22.4 Å². The maximum atomic E-state index is 12.5. The number of rotatable bonds is 7. The molecule has 1 aliphatic rings. The summed E-state index contributed by atoms with van der Waals surface area (Å²) in [6.45, 7) is 0.977. The number of hydrogen-bond donors (Lipinski definition) is 2. The van der Waals surface area contributed by atoms with E-state index in [-0.39, 0.29) is 24.5 Å². The molecule has 1 saturated heterocycles. The van der Waals surface area contributed by atoms with Gasteiger partial charge in [0.25, 0.3) is 11.8 Å². The third-order valence-corrected chi connectivity index (χ3v) is 4.47. The average molecular weight is 389 g/mol. The van der Waals surface area contributed by atoms with Crippen molar-refractivity contribution in [1.82, 2.24) is 5.32 Å². The van der Waals surface area contributed by atoms with Gasteiger partial charge in [-0.15, -0.1) is 0 Å². The van der Waals surface area contributed by atoms with Crippen molar-refractivity contribution in [3.8, 4) is 5.75 Å². The Morgan fingerprint density at radius 3 is 2.70 bits per heavy atom. The first-order chi connectivity index (χ1) is 13.1. The van der Waals surface area contributed by atoms with E-state index in [0.717, 1.165) is 19.4 Å². The zero-order valence-electron chi connectivity index (χ0n) is 14.7. The van der Waals surface area contributed by atoms with Crippen LogP contribution in [0.1, 0.15) is 23.2 Å². The molecule has 142 valence electrons. The molecule has 0 saturated carbocycles. The van der Waals surface area contributed by atoms with Crippen molar-refractivity contribution in [3.63, 3.8) is 0 Å². The van der Waals surface area contributed by atoms with E-state index in [4.69, 9.17) is 21.1 Å². The van der Waals surface area contributed by atoms with Gasteiger partial charge in [-0.3, -0.25) is 9.59 Å². The number of anilines is 1. The van der Waals surface area contributed by atoms with E-state index in [1.807, 2.05) is 0 Å². The van der Waals surface area contributed by atoms with Gasteiger partial charge in [0, 0.05) is 13.2 Å². The molecule has 0 radical (unpaired) electrons. The largest absolute Gasteiger partial charge is 0.482 e. The fourth-order valence-corrected chi connectivity index (χ4v) is 2.98. The standard InChI is InChI=1S/C20H21ClN2O4/c21-16-8-2-4-10-18(16)27-13-19(24)23-17-9-3-1-7-15(17)20(25)22-12-14-6-5-11-26-14/h1-4,7-10,14H,5-6,11-13H2,(H,22,25)(H,23,24). The van der Waals surface area contributed by atoms with Crippen molar-refractivity contribution >= 4 is 29.1 Å². The third-order valence-electron chi connectivity index (χ3n) is 4.16. The van der Waals surface area contributed by atoms with Crippen molar-refractivity contribution < 1.29 is 19.1 Å². The molecule has 2 aromatic carbocycles. The number of carbonyl (C=O) groups is 2. The molecule has 1 atom stereocenters. The van der Waals surface area contributed by atoms with E-state index in [0.29, 0.717) is 28.6 Å². The second kappa shape index (κ2) is 9.39. The van der Waals surface area contributed by atoms with Crippen molar-refractivity contribution in [2.45, 2.75) is 18.9 Å². The lowest BCUT2D eigenvalue weighted by molar-refractivity contribution is -0.118. The Morgan fingerprint density at radius 2 is 1.93 bits per heavy atom. The van der Waals surface area contributed by atoms with Crippen LogP contribution in [0.15, 0.2) is 48.5 Å². The molecule has 0 bridgehead atoms. The number of amides is 2. The van der Waals surface area contributed by atoms with Crippen LogP contribution < -0.4 is 15.4 Å². The predicted octanol–water partition coefficient (Wildman–Crippen LogP) is 3.27. The predicted molar refractivity (Wildman–Crippen MR) is 103 cm³/mol. The van der Waals surface area contributed by atoms with Crippen LogP contribution in [0.3, 0.4) is 0 Å². The molecule has 0 spiro atoms. The third kappa shape index (κ3) is 5.45. The Hall–Kier alpha value is -2.57. The topological polar surface area (TPSA) is 76.7 Å². The Kier molecular flexibility index (Phi) is 6.68. The van der Waals surface area contributed by atoms with Crippen LogP contribution in [-0.2, 0) is 9.53 Å². The van der Waals surface area contributed by atoms with E-state index >= 15 is 0 Å². The summed E-state index contributed by atoms with van der Waals surface area (Å²) in [6.07, 6.45) is 2.01. The molecular weight excluding hydrogens is 368 g/mol. The van der Waals surface area contributed by atoms with Crippen molar-refractivity contribution in [2.75, 3.05) is 25.1 Å². The minimum absolute atomic E-state index is 0.0553. The van der Waals surface area contributed by atoms with Crippen LogP contribution in [0, 0.1) is 0 Å². The molecule has 2 aromatic rings. The number of nitrogens with one attached hydrogen (secondary N) is 2. The van der Waals surface area contributed by atoms with Crippen LogP contribution in [0.2, 0.25) is 5.02 Å². The van der Waals surface area contributed by atoms with Crippen LogP contribution in [0.4, 0.5) is 5.69 Å². The second-order valence-electron chi connectivity index (χ2n) is 6.16. The summed E-state index contributed by atoms with van der Waals surface area (Å²) in [4.78, 5) is 24.7. The first kappa shape index (κ1) is 19.2. The summed E-state index contributed by atoms with van der Waals surface area (Å²) in [5.74, 6) is -0.209.